The van der Waals surface area contributed by atoms with Crippen LogP contribution in [-0.4, -0.2) is 26.0 Å². The van der Waals surface area contributed by atoms with Crippen LogP contribution >= 0.6 is 0 Å². The predicted octanol–water partition coefficient (Wildman–Crippen LogP) is 0.0286. The summed E-state index contributed by atoms with van der Waals surface area (Å²) in [5.74, 6) is -1.21. The molecule has 1 atom stereocenters. The van der Waals surface area contributed by atoms with Crippen molar-refractivity contribution in [3.8, 4) is 0 Å². The highest BCUT2D eigenvalue weighted by Gasteiger charge is 2.44. The number of aliphatic carboxylic acids is 1. The average Bonchev–Trinajstić information content (AvgIpc) is 2.47. The van der Waals surface area contributed by atoms with Gasteiger partial charge in [0.2, 0.25) is 5.60 Å². The molecule has 0 fully saturated rings. The number of carbonyl (C=O) groups is 1. The predicted molar refractivity (Wildman–Crippen MR) is 47.7 cm³/mol. The van der Waals surface area contributed by atoms with Gasteiger partial charge in [-0.3, -0.25) is 4.68 Å². The van der Waals surface area contributed by atoms with Crippen molar-refractivity contribution in [2.75, 3.05) is 0 Å². The molecule has 2 rings (SSSR count). The van der Waals surface area contributed by atoms with Crippen LogP contribution in [0.25, 0.3) is 0 Å². The van der Waals surface area contributed by atoms with E-state index in [0.29, 0.717) is 12.1 Å². The Bertz CT molecular complexity index is 385. The molecule has 1 aromatic heterocycles. The molecule has 0 saturated heterocycles. The number of hydrogen-bond acceptors (Lipinski definition) is 3. The van der Waals surface area contributed by atoms with E-state index >= 15 is 0 Å². The van der Waals surface area contributed by atoms with Crippen molar-refractivity contribution in [2.45, 2.75) is 24.9 Å². The summed E-state index contributed by atoms with van der Waals surface area (Å²) >= 11 is 0. The number of rotatable bonds is 1. The van der Waals surface area contributed by atoms with Gasteiger partial charge in [0.1, 0.15) is 5.69 Å². The molecule has 0 saturated carbocycles. The zero-order chi connectivity index (χ0) is 10.3. The van der Waals surface area contributed by atoms with Gasteiger partial charge >= 0.3 is 5.97 Å². The summed E-state index contributed by atoms with van der Waals surface area (Å²) in [6.07, 6.45) is 3.48. The van der Waals surface area contributed by atoms with Crippen molar-refractivity contribution in [1.82, 2.24) is 9.78 Å². The van der Waals surface area contributed by atoms with Crippen LogP contribution in [-0.2, 0) is 23.9 Å². The van der Waals surface area contributed by atoms with Crippen LogP contribution < -0.4 is 0 Å². The Morgan fingerprint density at radius 3 is 3.07 bits per heavy atom. The maximum atomic E-state index is 10.9. The smallest absolute Gasteiger partial charge is 0.342 e. The molecule has 0 bridgehead atoms. The molecule has 1 aromatic rings. The van der Waals surface area contributed by atoms with Crippen molar-refractivity contribution < 1.29 is 15.0 Å². The Kier molecular flexibility index (Phi) is 1.85. The lowest BCUT2D eigenvalue weighted by molar-refractivity contribution is -0.161. The van der Waals surface area contributed by atoms with E-state index in [4.69, 9.17) is 5.11 Å². The fourth-order valence-electron chi connectivity index (χ4n) is 1.93. The minimum absolute atomic E-state index is 0.242. The molecular formula is C9H12N2O3. The van der Waals surface area contributed by atoms with Crippen molar-refractivity contribution in [3.63, 3.8) is 0 Å². The molecule has 0 amide bonds. The molecule has 1 unspecified atom stereocenters. The fraction of sp³-hybridized carbons (Fsp3) is 0.556. The number of aryl methyl sites for hydroxylation is 2. The molecule has 2 N–H and O–H groups in total. The lowest BCUT2D eigenvalue weighted by Gasteiger charge is -2.26. The van der Waals surface area contributed by atoms with E-state index in [0.717, 1.165) is 12.0 Å². The zero-order valence-electron chi connectivity index (χ0n) is 7.90. The quantitative estimate of drug-likeness (QED) is 0.664. The number of fused-ring (bicyclic) bond motifs is 1. The molecule has 1 aliphatic carbocycles. The van der Waals surface area contributed by atoms with Crippen molar-refractivity contribution >= 4 is 5.97 Å². The molecule has 0 radical (unpaired) electrons. The topological polar surface area (TPSA) is 75.3 Å². The molecule has 76 valence electrons. The van der Waals surface area contributed by atoms with E-state index < -0.39 is 11.6 Å². The third-order valence-electron chi connectivity index (χ3n) is 2.63. The van der Waals surface area contributed by atoms with Gasteiger partial charge < -0.3 is 10.2 Å². The van der Waals surface area contributed by atoms with Crippen LogP contribution in [0.4, 0.5) is 0 Å². The first-order valence-corrected chi connectivity index (χ1v) is 4.53. The highest BCUT2D eigenvalue weighted by Crippen LogP contribution is 2.34. The summed E-state index contributed by atoms with van der Waals surface area (Å²) < 4.78 is 1.55. The molecule has 1 aliphatic rings. The minimum Gasteiger partial charge on any atom is -0.479 e. The van der Waals surface area contributed by atoms with Gasteiger partial charge in [-0.25, -0.2) is 4.79 Å². The SMILES string of the molecule is Cn1cc2c(n1)C(O)(C(=O)O)CCC2. The largest absolute Gasteiger partial charge is 0.479 e. The number of aromatic nitrogens is 2. The second-order valence-electron chi connectivity index (χ2n) is 3.70. The first-order chi connectivity index (χ1) is 6.54. The van der Waals surface area contributed by atoms with E-state index in [-0.39, 0.29) is 6.42 Å². The monoisotopic (exact) mass is 196 g/mol. The molecule has 0 spiro atoms. The Labute approximate surface area is 81.0 Å². The third kappa shape index (κ3) is 1.13. The summed E-state index contributed by atoms with van der Waals surface area (Å²) in [5.41, 5.74) is -0.642. The summed E-state index contributed by atoms with van der Waals surface area (Å²) in [6, 6.07) is 0. The zero-order valence-corrected chi connectivity index (χ0v) is 7.90. The average molecular weight is 196 g/mol. The summed E-state index contributed by atoms with van der Waals surface area (Å²) in [6.45, 7) is 0. The van der Waals surface area contributed by atoms with Gasteiger partial charge in [-0.15, -0.1) is 0 Å². The van der Waals surface area contributed by atoms with Crippen molar-refractivity contribution in [1.29, 1.82) is 0 Å². The van der Waals surface area contributed by atoms with Gasteiger partial charge in [0.25, 0.3) is 0 Å². The first-order valence-electron chi connectivity index (χ1n) is 4.53. The van der Waals surface area contributed by atoms with Crippen LogP contribution in [0.3, 0.4) is 0 Å². The second kappa shape index (κ2) is 2.81. The molecule has 0 aliphatic heterocycles. The standard InChI is InChI=1S/C9H12N2O3/c1-11-5-6-3-2-4-9(14,8(12)13)7(6)10-11/h5,14H,2-4H2,1H3,(H,12,13). The number of carboxylic acids is 1. The summed E-state index contributed by atoms with van der Waals surface area (Å²) in [5, 5.41) is 22.9. The number of nitrogens with zero attached hydrogens (tertiary/aromatic N) is 2. The first kappa shape index (κ1) is 9.21. The van der Waals surface area contributed by atoms with Gasteiger partial charge in [-0.1, -0.05) is 0 Å². The van der Waals surface area contributed by atoms with Gasteiger partial charge in [0.05, 0.1) is 0 Å². The van der Waals surface area contributed by atoms with Crippen molar-refractivity contribution in [3.05, 3.63) is 17.5 Å². The molecule has 5 heteroatoms. The van der Waals surface area contributed by atoms with Crippen LogP contribution in [0.15, 0.2) is 6.20 Å². The van der Waals surface area contributed by atoms with Crippen LogP contribution in [0.2, 0.25) is 0 Å². The highest BCUT2D eigenvalue weighted by atomic mass is 16.4. The Morgan fingerprint density at radius 1 is 1.71 bits per heavy atom. The lowest BCUT2D eigenvalue weighted by Crippen LogP contribution is -2.39. The third-order valence-corrected chi connectivity index (χ3v) is 2.63. The van der Waals surface area contributed by atoms with E-state index in [9.17, 15) is 9.90 Å². The number of aliphatic hydroxyl groups is 1. The summed E-state index contributed by atoms with van der Waals surface area (Å²) in [4.78, 5) is 10.9. The molecule has 0 aromatic carbocycles. The minimum atomic E-state index is -1.78. The Balaban J connectivity index is 2.54. The summed E-state index contributed by atoms with van der Waals surface area (Å²) in [7, 11) is 1.72. The second-order valence-corrected chi connectivity index (χ2v) is 3.70. The fourth-order valence-corrected chi connectivity index (χ4v) is 1.93. The Hall–Kier alpha value is -1.36. The maximum absolute atomic E-state index is 10.9. The van der Waals surface area contributed by atoms with Crippen LogP contribution in [0.1, 0.15) is 24.1 Å². The molecule has 5 nitrogen and oxygen atoms in total. The number of carboxylic acid groups (broad SMARTS) is 1. The van der Waals surface area contributed by atoms with Crippen LogP contribution in [0.5, 0.6) is 0 Å². The molecular weight excluding hydrogens is 184 g/mol. The maximum Gasteiger partial charge on any atom is 0.342 e. The van der Waals surface area contributed by atoms with E-state index in [1.165, 1.54) is 0 Å². The van der Waals surface area contributed by atoms with Crippen LogP contribution in [0, 0.1) is 0 Å². The van der Waals surface area contributed by atoms with Gasteiger partial charge in [-0.2, -0.15) is 5.10 Å². The van der Waals surface area contributed by atoms with E-state index in [2.05, 4.69) is 5.10 Å². The number of hydrogen-bond donors (Lipinski definition) is 2. The van der Waals surface area contributed by atoms with E-state index in [1.54, 1.807) is 17.9 Å². The molecule has 14 heavy (non-hydrogen) atoms. The van der Waals surface area contributed by atoms with Gasteiger partial charge in [0.15, 0.2) is 0 Å². The van der Waals surface area contributed by atoms with Gasteiger partial charge in [0, 0.05) is 13.2 Å². The molecule has 1 heterocycles. The highest BCUT2D eigenvalue weighted by molar-refractivity contribution is 5.79. The Morgan fingerprint density at radius 2 is 2.43 bits per heavy atom. The lowest BCUT2D eigenvalue weighted by atomic mass is 9.84. The van der Waals surface area contributed by atoms with E-state index in [1.807, 2.05) is 0 Å². The van der Waals surface area contributed by atoms with Gasteiger partial charge in [-0.05, 0) is 24.8 Å². The normalized spacial score (nSPS) is 25.9. The van der Waals surface area contributed by atoms with Crippen molar-refractivity contribution in [2.24, 2.45) is 7.05 Å².